The Morgan fingerprint density at radius 2 is 2.14 bits per heavy atom. The fourth-order valence-electron chi connectivity index (χ4n) is 1.99. The molecule has 0 saturated heterocycles. The summed E-state index contributed by atoms with van der Waals surface area (Å²) in [5.74, 6) is -0.436. The summed E-state index contributed by atoms with van der Waals surface area (Å²) in [6.45, 7) is 6.24. The van der Waals surface area contributed by atoms with Gasteiger partial charge >= 0.3 is 11.8 Å². The van der Waals surface area contributed by atoms with Crippen molar-refractivity contribution in [3.63, 3.8) is 0 Å². The number of hydrogen-bond acceptors (Lipinski definition) is 4. The van der Waals surface area contributed by atoms with E-state index in [0.717, 1.165) is 0 Å². The molecule has 1 amide bonds. The largest absolute Gasteiger partial charge is 0.444 e. The number of nitrogens with one attached hydrogen (secondary N) is 1. The van der Waals surface area contributed by atoms with Crippen molar-refractivity contribution in [3.8, 4) is 0 Å². The first-order valence-electron chi connectivity index (χ1n) is 7.02. The maximum atomic E-state index is 11.8. The molecule has 1 aromatic carbocycles. The Kier molecular flexibility index (Phi) is 4.81. The van der Waals surface area contributed by atoms with Gasteiger partial charge < -0.3 is 14.5 Å². The van der Waals surface area contributed by atoms with E-state index in [4.69, 9.17) is 20.8 Å². The second-order valence-corrected chi connectivity index (χ2v) is 6.35. The maximum Gasteiger partial charge on any atom is 0.419 e. The number of benzene rings is 1. The Bertz CT molecular complexity index is 727. The van der Waals surface area contributed by atoms with Crippen molar-refractivity contribution in [1.82, 2.24) is 9.88 Å². The minimum absolute atomic E-state index is 0.404. The van der Waals surface area contributed by atoms with Crippen LogP contribution < -0.4 is 11.1 Å². The SMILES string of the molecule is CC(C)(C)OC(=O)NCCCn1c(=O)oc2cc(Cl)ccc21. The molecule has 2 aromatic rings. The lowest BCUT2D eigenvalue weighted by Gasteiger charge is -2.19. The van der Waals surface area contributed by atoms with Crippen LogP contribution in [0, 0.1) is 0 Å². The summed E-state index contributed by atoms with van der Waals surface area (Å²) in [5.41, 5.74) is 0.616. The molecule has 120 valence electrons. The van der Waals surface area contributed by atoms with E-state index in [1.807, 2.05) is 0 Å². The van der Waals surface area contributed by atoms with E-state index in [0.29, 0.717) is 35.6 Å². The quantitative estimate of drug-likeness (QED) is 0.876. The number of carbonyl (C=O) groups is 1. The highest BCUT2D eigenvalue weighted by atomic mass is 35.5. The van der Waals surface area contributed by atoms with E-state index in [1.54, 1.807) is 39.0 Å². The van der Waals surface area contributed by atoms with Crippen LogP contribution in [0.25, 0.3) is 11.1 Å². The molecular formula is C15H19ClN2O4. The molecule has 1 heterocycles. The van der Waals surface area contributed by atoms with Crippen LogP contribution in [0.3, 0.4) is 0 Å². The van der Waals surface area contributed by atoms with Gasteiger partial charge in [-0.1, -0.05) is 11.6 Å². The van der Waals surface area contributed by atoms with E-state index in [1.165, 1.54) is 4.57 Å². The van der Waals surface area contributed by atoms with Crippen LogP contribution in [0.2, 0.25) is 5.02 Å². The minimum Gasteiger partial charge on any atom is -0.444 e. The molecule has 0 bridgehead atoms. The van der Waals surface area contributed by atoms with Crippen LogP contribution in [0.15, 0.2) is 27.4 Å². The Morgan fingerprint density at radius 1 is 1.41 bits per heavy atom. The maximum absolute atomic E-state index is 11.8. The number of nitrogens with zero attached hydrogens (tertiary/aromatic N) is 1. The predicted molar refractivity (Wildman–Crippen MR) is 84.3 cm³/mol. The standard InChI is InChI=1S/C15H19ClN2O4/c1-15(2,3)22-13(19)17-7-4-8-18-11-6-5-10(16)9-12(11)21-14(18)20/h5-6,9H,4,7-8H2,1-3H3,(H,17,19). The summed E-state index contributed by atoms with van der Waals surface area (Å²) in [7, 11) is 0. The van der Waals surface area contributed by atoms with Crippen LogP contribution >= 0.6 is 11.6 Å². The zero-order chi connectivity index (χ0) is 16.3. The monoisotopic (exact) mass is 326 g/mol. The van der Waals surface area contributed by atoms with Gasteiger partial charge in [-0.3, -0.25) is 4.57 Å². The highest BCUT2D eigenvalue weighted by Crippen LogP contribution is 2.18. The number of fused-ring (bicyclic) bond motifs is 1. The average Bonchev–Trinajstić information content (AvgIpc) is 2.67. The van der Waals surface area contributed by atoms with Crippen molar-refractivity contribution < 1.29 is 13.9 Å². The molecule has 0 spiro atoms. The summed E-state index contributed by atoms with van der Waals surface area (Å²) in [5, 5.41) is 3.16. The third kappa shape index (κ3) is 4.27. The highest BCUT2D eigenvalue weighted by molar-refractivity contribution is 6.31. The molecule has 7 heteroatoms. The van der Waals surface area contributed by atoms with Crippen molar-refractivity contribution in [2.45, 2.75) is 39.3 Å². The molecule has 0 atom stereocenters. The Morgan fingerprint density at radius 3 is 2.82 bits per heavy atom. The Hall–Kier alpha value is -1.95. The van der Waals surface area contributed by atoms with E-state index in [9.17, 15) is 9.59 Å². The van der Waals surface area contributed by atoms with Gasteiger partial charge in [-0.2, -0.15) is 0 Å². The molecule has 0 aliphatic heterocycles. The van der Waals surface area contributed by atoms with Crippen LogP contribution in [0.1, 0.15) is 27.2 Å². The molecule has 0 radical (unpaired) electrons. The summed E-state index contributed by atoms with van der Waals surface area (Å²) in [6, 6.07) is 5.05. The van der Waals surface area contributed by atoms with Crippen molar-refractivity contribution in [3.05, 3.63) is 33.8 Å². The third-order valence-electron chi connectivity index (χ3n) is 2.86. The molecule has 2 rings (SSSR count). The number of carbonyl (C=O) groups excluding carboxylic acids is 1. The van der Waals surface area contributed by atoms with E-state index >= 15 is 0 Å². The van der Waals surface area contributed by atoms with Crippen LogP contribution in [0.5, 0.6) is 0 Å². The average molecular weight is 327 g/mol. The summed E-state index contributed by atoms with van der Waals surface area (Å²) in [4.78, 5) is 23.3. The number of aryl methyl sites for hydroxylation is 1. The number of amides is 1. The number of rotatable bonds is 4. The number of oxazole rings is 1. The van der Waals surface area contributed by atoms with Crippen molar-refractivity contribution in [2.75, 3.05) is 6.54 Å². The van der Waals surface area contributed by atoms with E-state index in [-0.39, 0.29) is 0 Å². The number of hydrogen-bond donors (Lipinski definition) is 1. The third-order valence-corrected chi connectivity index (χ3v) is 3.09. The molecule has 0 saturated carbocycles. The first-order chi connectivity index (χ1) is 10.3. The molecule has 1 N–H and O–H groups in total. The molecule has 0 fully saturated rings. The van der Waals surface area contributed by atoms with Crippen molar-refractivity contribution in [2.24, 2.45) is 0 Å². The second-order valence-electron chi connectivity index (χ2n) is 5.91. The predicted octanol–water partition coefficient (Wildman–Crippen LogP) is 3.16. The van der Waals surface area contributed by atoms with Crippen LogP contribution in [-0.4, -0.2) is 22.8 Å². The smallest absolute Gasteiger partial charge is 0.419 e. The highest BCUT2D eigenvalue weighted by Gasteiger charge is 2.15. The van der Waals surface area contributed by atoms with Gasteiger partial charge in [-0.15, -0.1) is 0 Å². The number of alkyl carbamates (subject to hydrolysis) is 1. The van der Waals surface area contributed by atoms with Gasteiger partial charge in [0.25, 0.3) is 0 Å². The van der Waals surface area contributed by atoms with Gasteiger partial charge in [0.1, 0.15) is 5.60 Å². The van der Waals surface area contributed by atoms with Gasteiger partial charge in [-0.05, 0) is 39.3 Å². The van der Waals surface area contributed by atoms with Gasteiger partial charge in [0.05, 0.1) is 5.52 Å². The summed E-state index contributed by atoms with van der Waals surface area (Å²) in [6.07, 6.45) is 0.111. The molecular weight excluding hydrogens is 308 g/mol. The molecule has 0 aliphatic carbocycles. The van der Waals surface area contributed by atoms with E-state index in [2.05, 4.69) is 5.32 Å². The summed E-state index contributed by atoms with van der Waals surface area (Å²) < 4.78 is 11.8. The number of aromatic nitrogens is 1. The topological polar surface area (TPSA) is 73.5 Å². The lowest BCUT2D eigenvalue weighted by molar-refractivity contribution is 0.0526. The van der Waals surface area contributed by atoms with E-state index < -0.39 is 17.5 Å². The fraction of sp³-hybridized carbons (Fsp3) is 0.467. The zero-order valence-electron chi connectivity index (χ0n) is 12.8. The first-order valence-corrected chi connectivity index (χ1v) is 7.40. The molecule has 1 aromatic heterocycles. The molecule has 0 aliphatic rings. The zero-order valence-corrected chi connectivity index (χ0v) is 13.6. The van der Waals surface area contributed by atoms with Crippen molar-refractivity contribution in [1.29, 1.82) is 0 Å². The van der Waals surface area contributed by atoms with Crippen LogP contribution in [-0.2, 0) is 11.3 Å². The molecule has 0 unspecified atom stereocenters. The fourth-order valence-corrected chi connectivity index (χ4v) is 2.16. The van der Waals surface area contributed by atoms with Gasteiger partial charge in [0.2, 0.25) is 0 Å². The first kappa shape index (κ1) is 16.4. The van der Waals surface area contributed by atoms with Crippen molar-refractivity contribution >= 4 is 28.8 Å². The second kappa shape index (κ2) is 6.44. The molecule has 6 nitrogen and oxygen atoms in total. The lowest BCUT2D eigenvalue weighted by atomic mass is 10.2. The van der Waals surface area contributed by atoms with Gasteiger partial charge in [-0.25, -0.2) is 9.59 Å². The minimum atomic E-state index is -0.527. The Labute approximate surface area is 133 Å². The summed E-state index contributed by atoms with van der Waals surface area (Å²) >= 11 is 5.86. The molecule has 22 heavy (non-hydrogen) atoms. The van der Waals surface area contributed by atoms with Gasteiger partial charge in [0, 0.05) is 24.2 Å². The van der Waals surface area contributed by atoms with Gasteiger partial charge in [0.15, 0.2) is 5.58 Å². The normalized spacial score (nSPS) is 11.6. The van der Waals surface area contributed by atoms with Crippen LogP contribution in [0.4, 0.5) is 4.79 Å². The number of ether oxygens (including phenoxy) is 1. The number of halogens is 1. The Balaban J connectivity index is 1.92. The lowest BCUT2D eigenvalue weighted by Crippen LogP contribution is -2.33.